The number of hydrogen-bond donors (Lipinski definition) is 3. The lowest BCUT2D eigenvalue weighted by atomic mass is 9.92. The Morgan fingerprint density at radius 2 is 1.81 bits per heavy atom. The lowest BCUT2D eigenvalue weighted by Gasteiger charge is -2.29. The zero-order valence-corrected chi connectivity index (χ0v) is 13.8. The highest BCUT2D eigenvalue weighted by molar-refractivity contribution is 6.07. The third-order valence-electron chi connectivity index (χ3n) is 4.12. The summed E-state index contributed by atoms with van der Waals surface area (Å²) in [7, 11) is 0. The molecule has 2 amide bonds. The summed E-state index contributed by atoms with van der Waals surface area (Å²) in [5.74, 6) is -3.45. The van der Waals surface area contributed by atoms with Crippen LogP contribution in [-0.4, -0.2) is 27.5 Å². The molecule has 0 saturated carbocycles. The molecule has 0 fully saturated rings. The van der Waals surface area contributed by atoms with Crippen LogP contribution in [0.3, 0.4) is 0 Å². The van der Waals surface area contributed by atoms with E-state index in [4.69, 9.17) is 0 Å². The fourth-order valence-electron chi connectivity index (χ4n) is 3.01. The number of benzene rings is 1. The quantitative estimate of drug-likeness (QED) is 0.715. The summed E-state index contributed by atoms with van der Waals surface area (Å²) in [6.07, 6.45) is -5.32. The molecule has 0 saturated heterocycles. The molecule has 2 heterocycles. The van der Waals surface area contributed by atoms with E-state index in [2.05, 4.69) is 0 Å². The number of alkyl halides is 3. The molecule has 8 nitrogen and oxygen atoms in total. The molecule has 11 heteroatoms. The number of rotatable bonds is 3. The van der Waals surface area contributed by atoms with Gasteiger partial charge in [-0.1, -0.05) is 30.3 Å². The predicted molar refractivity (Wildman–Crippen MR) is 87.0 cm³/mol. The molecule has 2 aromatic rings. The van der Waals surface area contributed by atoms with E-state index >= 15 is 0 Å². The Balaban J connectivity index is 2.30. The van der Waals surface area contributed by atoms with E-state index in [0.717, 1.165) is 11.5 Å². The van der Waals surface area contributed by atoms with Crippen LogP contribution in [0.2, 0.25) is 0 Å². The largest absolute Gasteiger partial charge is 0.425 e. The first-order valence-corrected chi connectivity index (χ1v) is 7.66. The van der Waals surface area contributed by atoms with Crippen molar-refractivity contribution >= 4 is 17.6 Å². The summed E-state index contributed by atoms with van der Waals surface area (Å²) in [6.45, 7) is 0.583. The van der Waals surface area contributed by atoms with Crippen molar-refractivity contribution in [2.75, 3.05) is 5.32 Å². The van der Waals surface area contributed by atoms with Crippen LogP contribution in [0.15, 0.2) is 39.9 Å². The number of aromatic nitrogens is 2. The lowest BCUT2D eigenvalue weighted by molar-refractivity contribution is -0.200. The van der Waals surface area contributed by atoms with Crippen LogP contribution in [0, 0.1) is 0 Å². The molecule has 1 aromatic carbocycles. The van der Waals surface area contributed by atoms with Gasteiger partial charge in [-0.3, -0.25) is 23.9 Å². The lowest BCUT2D eigenvalue weighted by Crippen LogP contribution is -2.61. The normalized spacial score (nSPS) is 18.7. The molecule has 3 rings (SSSR count). The minimum absolute atomic E-state index is 0.201. The molecular weight excluding hydrogens is 369 g/mol. The molecule has 1 aromatic heterocycles. The van der Waals surface area contributed by atoms with Gasteiger partial charge in [-0.25, -0.2) is 4.79 Å². The van der Waals surface area contributed by atoms with Crippen molar-refractivity contribution < 1.29 is 22.8 Å². The number of carbonyl (C=O) groups is 2. The molecule has 0 spiro atoms. The molecular formula is C16H13F3N4O4. The van der Waals surface area contributed by atoms with Gasteiger partial charge in [0, 0.05) is 6.92 Å². The third-order valence-corrected chi connectivity index (χ3v) is 4.12. The Kier molecular flexibility index (Phi) is 4.17. The number of H-pyrrole nitrogens is 1. The SMILES string of the molecule is CC(=O)NC1(C(F)(F)F)C(=O)Nc2c1c(=O)[nH]c(=O)n2Cc1ccccc1. The van der Waals surface area contributed by atoms with Gasteiger partial charge in [0.1, 0.15) is 11.4 Å². The van der Waals surface area contributed by atoms with Crippen molar-refractivity contribution in [3.05, 3.63) is 62.3 Å². The first-order valence-electron chi connectivity index (χ1n) is 7.66. The number of fused-ring (bicyclic) bond motifs is 1. The van der Waals surface area contributed by atoms with E-state index in [1.807, 2.05) is 5.32 Å². The standard InChI is InChI=1S/C16H13F3N4O4/c1-8(24)22-15(16(17,18)19)10-11(20-13(15)26)23(14(27)21-12(10)25)7-9-5-3-2-4-6-9/h2-6H,7H2,1H3,(H,20,26)(H,22,24)(H,21,25,27). The van der Waals surface area contributed by atoms with E-state index in [9.17, 15) is 32.3 Å². The molecule has 1 aliphatic rings. The van der Waals surface area contributed by atoms with Crippen LogP contribution < -0.4 is 21.9 Å². The average molecular weight is 382 g/mol. The summed E-state index contributed by atoms with van der Waals surface area (Å²) < 4.78 is 42.3. The van der Waals surface area contributed by atoms with Gasteiger partial charge in [0.25, 0.3) is 11.5 Å². The molecule has 0 bridgehead atoms. The van der Waals surface area contributed by atoms with E-state index in [1.54, 1.807) is 40.6 Å². The predicted octanol–water partition coefficient (Wildman–Crippen LogP) is 0.431. The van der Waals surface area contributed by atoms with Crippen LogP contribution in [-0.2, 0) is 21.7 Å². The summed E-state index contributed by atoms with van der Waals surface area (Å²) >= 11 is 0. The maximum atomic E-state index is 13.8. The van der Waals surface area contributed by atoms with Gasteiger partial charge in [0.15, 0.2) is 0 Å². The second-order valence-electron chi connectivity index (χ2n) is 5.94. The Bertz CT molecular complexity index is 1040. The maximum absolute atomic E-state index is 13.8. The minimum Gasteiger partial charge on any atom is -0.331 e. The highest BCUT2D eigenvalue weighted by atomic mass is 19.4. The zero-order chi connectivity index (χ0) is 20.0. The summed E-state index contributed by atoms with van der Waals surface area (Å²) in [5, 5.41) is 3.48. The van der Waals surface area contributed by atoms with Crippen LogP contribution >= 0.6 is 0 Å². The topological polar surface area (TPSA) is 113 Å². The maximum Gasteiger partial charge on any atom is 0.425 e. The van der Waals surface area contributed by atoms with Gasteiger partial charge in [-0.15, -0.1) is 0 Å². The summed E-state index contributed by atoms with van der Waals surface area (Å²) in [4.78, 5) is 49.9. The fraction of sp³-hybridized carbons (Fsp3) is 0.250. The number of amides is 2. The Morgan fingerprint density at radius 1 is 1.19 bits per heavy atom. The van der Waals surface area contributed by atoms with Gasteiger partial charge < -0.3 is 10.6 Å². The fourth-order valence-corrected chi connectivity index (χ4v) is 3.01. The van der Waals surface area contributed by atoms with Crippen molar-refractivity contribution in [2.24, 2.45) is 0 Å². The van der Waals surface area contributed by atoms with Crippen molar-refractivity contribution in [2.45, 2.75) is 25.2 Å². The third kappa shape index (κ3) is 2.80. The monoisotopic (exact) mass is 382 g/mol. The Labute approximate surface area is 149 Å². The highest BCUT2D eigenvalue weighted by Gasteiger charge is 2.68. The molecule has 1 atom stereocenters. The van der Waals surface area contributed by atoms with E-state index in [-0.39, 0.29) is 6.54 Å². The second-order valence-corrected chi connectivity index (χ2v) is 5.94. The molecule has 1 aliphatic heterocycles. The number of halogens is 3. The van der Waals surface area contributed by atoms with Crippen LogP contribution in [0.1, 0.15) is 18.1 Å². The molecule has 27 heavy (non-hydrogen) atoms. The van der Waals surface area contributed by atoms with Crippen molar-refractivity contribution in [3.8, 4) is 0 Å². The van der Waals surface area contributed by atoms with Crippen LogP contribution in [0.25, 0.3) is 0 Å². The number of nitrogens with zero attached hydrogens (tertiary/aromatic N) is 1. The Morgan fingerprint density at radius 3 is 2.37 bits per heavy atom. The summed E-state index contributed by atoms with van der Waals surface area (Å²) in [5.41, 5.74) is -6.53. The van der Waals surface area contributed by atoms with Crippen LogP contribution in [0.4, 0.5) is 19.0 Å². The number of aromatic amines is 1. The Hall–Kier alpha value is -3.37. The van der Waals surface area contributed by atoms with Gasteiger partial charge in [-0.05, 0) is 5.56 Å². The van der Waals surface area contributed by atoms with Crippen molar-refractivity contribution in [3.63, 3.8) is 0 Å². The summed E-state index contributed by atoms with van der Waals surface area (Å²) in [6, 6.07) is 8.25. The van der Waals surface area contributed by atoms with Gasteiger partial charge in [-0.2, -0.15) is 13.2 Å². The van der Waals surface area contributed by atoms with Crippen LogP contribution in [0.5, 0.6) is 0 Å². The van der Waals surface area contributed by atoms with Gasteiger partial charge in [0.2, 0.25) is 11.4 Å². The molecule has 1 unspecified atom stereocenters. The van der Waals surface area contributed by atoms with Crippen molar-refractivity contribution in [1.29, 1.82) is 0 Å². The van der Waals surface area contributed by atoms with E-state index < -0.39 is 46.2 Å². The van der Waals surface area contributed by atoms with Crippen molar-refractivity contribution in [1.82, 2.24) is 14.9 Å². The first kappa shape index (κ1) is 18.4. The first-order chi connectivity index (χ1) is 12.6. The molecule has 3 N–H and O–H groups in total. The average Bonchev–Trinajstić information content (AvgIpc) is 2.85. The number of carbonyl (C=O) groups excluding carboxylic acids is 2. The zero-order valence-electron chi connectivity index (χ0n) is 13.8. The number of hydrogen-bond acceptors (Lipinski definition) is 4. The molecule has 0 radical (unpaired) electrons. The minimum atomic E-state index is -5.32. The second kappa shape index (κ2) is 6.11. The van der Waals surface area contributed by atoms with Gasteiger partial charge >= 0.3 is 11.9 Å². The molecule has 0 aliphatic carbocycles. The number of nitrogens with one attached hydrogen (secondary N) is 3. The number of anilines is 1. The highest BCUT2D eigenvalue weighted by Crippen LogP contribution is 2.44. The smallest absolute Gasteiger partial charge is 0.331 e. The van der Waals surface area contributed by atoms with E-state index in [1.165, 1.54) is 0 Å². The van der Waals surface area contributed by atoms with Gasteiger partial charge in [0.05, 0.1) is 6.54 Å². The molecule has 142 valence electrons. The van der Waals surface area contributed by atoms with E-state index in [0.29, 0.717) is 5.56 Å².